The minimum absolute atomic E-state index is 0.00635. The number of carbonyl (C=O) groups excluding carboxylic acids is 1. The maximum atomic E-state index is 12.3. The van der Waals surface area contributed by atoms with Gasteiger partial charge < -0.3 is 14.8 Å². The topological polar surface area (TPSA) is 47.6 Å². The average Bonchev–Trinajstić information content (AvgIpc) is 2.61. The molecule has 134 valence electrons. The Morgan fingerprint density at radius 1 is 1.04 bits per heavy atom. The van der Waals surface area contributed by atoms with E-state index in [9.17, 15) is 13.6 Å². The first kappa shape index (κ1) is 18.7. The number of ether oxygens (including phenoxy) is 2. The first-order valence-electron chi connectivity index (χ1n) is 8.01. The van der Waals surface area contributed by atoms with Gasteiger partial charge in [0.1, 0.15) is 0 Å². The fraction of sp³-hybridized carbons (Fsp3) is 0.316. The van der Waals surface area contributed by atoms with Crippen LogP contribution in [-0.2, 0) is 17.6 Å². The number of halogens is 2. The van der Waals surface area contributed by atoms with Crippen molar-refractivity contribution in [2.24, 2.45) is 0 Å². The van der Waals surface area contributed by atoms with Crippen LogP contribution in [0, 0.1) is 0 Å². The largest absolute Gasteiger partial charge is 0.493 e. The zero-order valence-corrected chi connectivity index (χ0v) is 14.0. The average molecular weight is 349 g/mol. The summed E-state index contributed by atoms with van der Waals surface area (Å²) >= 11 is 0. The predicted molar refractivity (Wildman–Crippen MR) is 91.1 cm³/mol. The van der Waals surface area contributed by atoms with Gasteiger partial charge in [0.2, 0.25) is 5.91 Å². The summed E-state index contributed by atoms with van der Waals surface area (Å²) in [6, 6.07) is 14.6. The van der Waals surface area contributed by atoms with E-state index in [0.717, 1.165) is 11.1 Å². The van der Waals surface area contributed by atoms with E-state index in [2.05, 4.69) is 10.1 Å². The van der Waals surface area contributed by atoms with Crippen LogP contribution in [0.1, 0.15) is 17.5 Å². The van der Waals surface area contributed by atoms with E-state index >= 15 is 0 Å². The molecule has 4 nitrogen and oxygen atoms in total. The van der Waals surface area contributed by atoms with Crippen molar-refractivity contribution >= 4 is 5.91 Å². The van der Waals surface area contributed by atoms with Gasteiger partial charge in [-0.15, -0.1) is 0 Å². The molecule has 0 fully saturated rings. The van der Waals surface area contributed by atoms with Gasteiger partial charge in [0.05, 0.1) is 7.11 Å². The lowest BCUT2D eigenvalue weighted by atomic mass is 10.1. The molecule has 0 radical (unpaired) electrons. The summed E-state index contributed by atoms with van der Waals surface area (Å²) < 4.78 is 34.0. The molecule has 2 aromatic rings. The Balaban J connectivity index is 1.78. The minimum Gasteiger partial charge on any atom is -0.493 e. The van der Waals surface area contributed by atoms with Crippen molar-refractivity contribution in [2.45, 2.75) is 25.9 Å². The number of alkyl halides is 2. The standard InChI is InChI=1S/C19H21F2NO3/c1-24-17-13-15(7-9-16(17)25-19(20)21)11-12-22-18(23)10-8-14-5-3-2-4-6-14/h2-7,9,13,19H,8,10-12H2,1H3,(H,22,23). The highest BCUT2D eigenvalue weighted by atomic mass is 19.3. The Labute approximate surface area is 145 Å². The lowest BCUT2D eigenvalue weighted by Gasteiger charge is -2.11. The number of rotatable bonds is 9. The molecule has 0 spiro atoms. The molecule has 0 aliphatic heterocycles. The Kier molecular flexibility index (Phi) is 7.19. The summed E-state index contributed by atoms with van der Waals surface area (Å²) in [5.74, 6) is 0.217. The molecular formula is C19H21F2NO3. The molecule has 0 atom stereocenters. The Bertz CT molecular complexity index is 678. The van der Waals surface area contributed by atoms with E-state index < -0.39 is 6.61 Å². The van der Waals surface area contributed by atoms with E-state index in [-0.39, 0.29) is 17.4 Å². The molecular weight excluding hydrogens is 328 g/mol. The van der Waals surface area contributed by atoms with Gasteiger partial charge in [-0.1, -0.05) is 36.4 Å². The minimum atomic E-state index is -2.90. The van der Waals surface area contributed by atoms with Crippen LogP contribution >= 0.6 is 0 Å². The summed E-state index contributed by atoms with van der Waals surface area (Å²) in [6.45, 7) is -2.44. The molecule has 2 aromatic carbocycles. The van der Waals surface area contributed by atoms with Gasteiger partial charge in [-0.05, 0) is 36.1 Å². The van der Waals surface area contributed by atoms with Gasteiger partial charge in [0.25, 0.3) is 0 Å². The van der Waals surface area contributed by atoms with Gasteiger partial charge in [0.15, 0.2) is 11.5 Å². The molecule has 6 heteroatoms. The van der Waals surface area contributed by atoms with Crippen molar-refractivity contribution in [3.63, 3.8) is 0 Å². The Morgan fingerprint density at radius 2 is 1.80 bits per heavy atom. The third kappa shape index (κ3) is 6.41. The number of methoxy groups -OCH3 is 1. The first-order valence-corrected chi connectivity index (χ1v) is 8.01. The highest BCUT2D eigenvalue weighted by Crippen LogP contribution is 2.29. The molecule has 1 amide bonds. The van der Waals surface area contributed by atoms with Crippen LogP contribution < -0.4 is 14.8 Å². The lowest BCUT2D eigenvalue weighted by Crippen LogP contribution is -2.25. The predicted octanol–water partition coefficient (Wildman–Crippen LogP) is 3.59. The van der Waals surface area contributed by atoms with Crippen LogP contribution in [0.4, 0.5) is 8.78 Å². The molecule has 0 aromatic heterocycles. The second-order valence-corrected chi connectivity index (χ2v) is 5.45. The lowest BCUT2D eigenvalue weighted by molar-refractivity contribution is -0.121. The van der Waals surface area contributed by atoms with Gasteiger partial charge in [-0.2, -0.15) is 8.78 Å². The monoisotopic (exact) mass is 349 g/mol. The smallest absolute Gasteiger partial charge is 0.387 e. The Morgan fingerprint density at radius 3 is 2.48 bits per heavy atom. The van der Waals surface area contributed by atoms with Crippen molar-refractivity contribution < 1.29 is 23.0 Å². The molecule has 0 aliphatic carbocycles. The van der Waals surface area contributed by atoms with E-state index in [1.54, 1.807) is 12.1 Å². The summed E-state index contributed by atoms with van der Waals surface area (Å²) in [5, 5.41) is 2.85. The normalized spacial score (nSPS) is 10.6. The fourth-order valence-electron chi connectivity index (χ4n) is 2.40. The van der Waals surface area contributed by atoms with Crippen molar-refractivity contribution in [3.05, 3.63) is 59.7 Å². The van der Waals surface area contributed by atoms with Crippen LogP contribution in [0.3, 0.4) is 0 Å². The fourth-order valence-corrected chi connectivity index (χ4v) is 2.40. The summed E-state index contributed by atoms with van der Waals surface area (Å²) in [5.41, 5.74) is 1.99. The van der Waals surface area contributed by atoms with Crippen molar-refractivity contribution in [1.29, 1.82) is 0 Å². The van der Waals surface area contributed by atoms with Gasteiger partial charge >= 0.3 is 6.61 Å². The number of hydrogen-bond donors (Lipinski definition) is 1. The number of hydrogen-bond acceptors (Lipinski definition) is 3. The van der Waals surface area contributed by atoms with Crippen LogP contribution in [0.15, 0.2) is 48.5 Å². The van der Waals surface area contributed by atoms with Gasteiger partial charge in [0, 0.05) is 13.0 Å². The van der Waals surface area contributed by atoms with Gasteiger partial charge in [-0.25, -0.2) is 0 Å². The quantitative estimate of drug-likeness (QED) is 0.753. The maximum absolute atomic E-state index is 12.3. The zero-order valence-electron chi connectivity index (χ0n) is 14.0. The SMILES string of the molecule is COc1cc(CCNC(=O)CCc2ccccc2)ccc1OC(F)F. The zero-order chi connectivity index (χ0) is 18.1. The van der Waals surface area contributed by atoms with Crippen LogP contribution in [0.2, 0.25) is 0 Å². The molecule has 0 saturated carbocycles. The number of benzene rings is 2. The highest BCUT2D eigenvalue weighted by Gasteiger charge is 2.11. The number of carbonyl (C=O) groups is 1. The van der Waals surface area contributed by atoms with E-state index in [1.165, 1.54) is 13.2 Å². The van der Waals surface area contributed by atoms with Crippen molar-refractivity contribution in [3.8, 4) is 11.5 Å². The summed E-state index contributed by atoms with van der Waals surface area (Å²) in [6.07, 6.45) is 1.69. The molecule has 2 rings (SSSR count). The number of amides is 1. The third-order valence-corrected chi connectivity index (χ3v) is 3.66. The highest BCUT2D eigenvalue weighted by molar-refractivity contribution is 5.76. The third-order valence-electron chi connectivity index (χ3n) is 3.66. The van der Waals surface area contributed by atoms with Crippen LogP contribution in [0.25, 0.3) is 0 Å². The van der Waals surface area contributed by atoms with Crippen molar-refractivity contribution in [2.75, 3.05) is 13.7 Å². The Hall–Kier alpha value is -2.63. The molecule has 0 unspecified atom stereocenters. The van der Waals surface area contributed by atoms with E-state index in [1.807, 2.05) is 30.3 Å². The van der Waals surface area contributed by atoms with E-state index in [4.69, 9.17) is 4.74 Å². The first-order chi connectivity index (χ1) is 12.1. The maximum Gasteiger partial charge on any atom is 0.387 e. The van der Waals surface area contributed by atoms with Crippen LogP contribution in [0.5, 0.6) is 11.5 Å². The molecule has 0 heterocycles. The second kappa shape index (κ2) is 9.61. The molecule has 0 bridgehead atoms. The summed E-state index contributed by atoms with van der Waals surface area (Å²) in [4.78, 5) is 11.9. The second-order valence-electron chi connectivity index (χ2n) is 5.45. The summed E-state index contributed by atoms with van der Waals surface area (Å²) in [7, 11) is 1.39. The number of aryl methyl sites for hydroxylation is 1. The van der Waals surface area contributed by atoms with Crippen LogP contribution in [-0.4, -0.2) is 26.2 Å². The molecule has 0 saturated heterocycles. The van der Waals surface area contributed by atoms with E-state index in [0.29, 0.717) is 25.8 Å². The van der Waals surface area contributed by atoms with Crippen molar-refractivity contribution in [1.82, 2.24) is 5.32 Å². The number of nitrogens with one attached hydrogen (secondary N) is 1. The molecule has 0 aliphatic rings. The van der Waals surface area contributed by atoms with Gasteiger partial charge in [-0.3, -0.25) is 4.79 Å². The molecule has 25 heavy (non-hydrogen) atoms. The molecule has 1 N–H and O–H groups in total.